The second-order valence-electron chi connectivity index (χ2n) is 2.67. The van der Waals surface area contributed by atoms with Crippen molar-refractivity contribution in [1.29, 1.82) is 0 Å². The van der Waals surface area contributed by atoms with E-state index in [0.29, 0.717) is 11.3 Å². The summed E-state index contributed by atoms with van der Waals surface area (Å²) in [4.78, 5) is 26.0. The van der Waals surface area contributed by atoms with Crippen LogP contribution in [0.15, 0.2) is 29.0 Å². The summed E-state index contributed by atoms with van der Waals surface area (Å²) in [6, 6.07) is 0. The molecule has 5 nitrogen and oxygen atoms in total. The Labute approximate surface area is 80.9 Å². The molecule has 0 aromatic heterocycles. The first-order valence-corrected chi connectivity index (χ1v) is 4.02. The van der Waals surface area contributed by atoms with Gasteiger partial charge in [0.2, 0.25) is 0 Å². The van der Waals surface area contributed by atoms with Crippen molar-refractivity contribution in [3.05, 3.63) is 23.8 Å². The van der Waals surface area contributed by atoms with E-state index in [0.717, 1.165) is 0 Å². The summed E-state index contributed by atoms with van der Waals surface area (Å²) < 4.78 is 0. The SMILES string of the molecule is CC(=O)ON=C1C=CC(=O)C(CN)=C1. The molecule has 1 rings (SSSR count). The molecule has 0 atom stereocenters. The minimum atomic E-state index is -0.509. The van der Waals surface area contributed by atoms with E-state index in [1.54, 1.807) is 0 Å². The first kappa shape index (κ1) is 10.3. The first-order chi connectivity index (χ1) is 6.63. The minimum absolute atomic E-state index is 0.141. The molecule has 0 unspecified atom stereocenters. The second kappa shape index (κ2) is 4.48. The number of hydrogen-bond donors (Lipinski definition) is 1. The van der Waals surface area contributed by atoms with Crippen LogP contribution in [0.5, 0.6) is 0 Å². The number of allylic oxidation sites excluding steroid dienone is 3. The van der Waals surface area contributed by atoms with Crippen LogP contribution in [-0.2, 0) is 14.4 Å². The summed E-state index contributed by atoms with van der Waals surface area (Å²) in [5, 5.41) is 3.51. The summed E-state index contributed by atoms with van der Waals surface area (Å²) in [6.07, 6.45) is 4.29. The van der Waals surface area contributed by atoms with Crippen molar-refractivity contribution < 1.29 is 14.4 Å². The lowest BCUT2D eigenvalue weighted by Gasteiger charge is -2.04. The van der Waals surface area contributed by atoms with Gasteiger partial charge in [-0.25, -0.2) is 4.79 Å². The molecule has 0 spiro atoms. The Morgan fingerprint density at radius 3 is 2.86 bits per heavy atom. The van der Waals surface area contributed by atoms with Crippen molar-refractivity contribution in [2.45, 2.75) is 6.92 Å². The largest absolute Gasteiger partial charge is 0.331 e. The number of carbonyl (C=O) groups is 2. The van der Waals surface area contributed by atoms with E-state index in [2.05, 4.69) is 9.99 Å². The van der Waals surface area contributed by atoms with E-state index >= 15 is 0 Å². The van der Waals surface area contributed by atoms with E-state index in [4.69, 9.17) is 5.73 Å². The van der Waals surface area contributed by atoms with Gasteiger partial charge in [-0.05, 0) is 18.2 Å². The molecule has 0 aliphatic heterocycles. The molecule has 0 radical (unpaired) electrons. The summed E-state index contributed by atoms with van der Waals surface area (Å²) in [5.41, 5.74) is 6.17. The lowest BCUT2D eigenvalue weighted by Crippen LogP contribution is -2.16. The monoisotopic (exact) mass is 194 g/mol. The first-order valence-electron chi connectivity index (χ1n) is 4.02. The van der Waals surface area contributed by atoms with E-state index in [-0.39, 0.29) is 12.3 Å². The molecule has 0 bridgehead atoms. The maximum Gasteiger partial charge on any atom is 0.331 e. The van der Waals surface area contributed by atoms with Crippen LogP contribution in [0.25, 0.3) is 0 Å². The van der Waals surface area contributed by atoms with Gasteiger partial charge in [0, 0.05) is 19.0 Å². The fourth-order valence-electron chi connectivity index (χ4n) is 0.899. The number of nitrogens with zero attached hydrogens (tertiary/aromatic N) is 1. The Bertz CT molecular complexity index is 353. The molecule has 0 saturated heterocycles. The molecule has 2 N–H and O–H groups in total. The van der Waals surface area contributed by atoms with Crippen molar-refractivity contribution >= 4 is 17.5 Å². The summed E-state index contributed by atoms with van der Waals surface area (Å²) in [7, 11) is 0. The third kappa shape index (κ3) is 2.63. The highest BCUT2D eigenvalue weighted by Crippen LogP contribution is 2.04. The van der Waals surface area contributed by atoms with Gasteiger partial charge in [-0.1, -0.05) is 5.16 Å². The zero-order chi connectivity index (χ0) is 10.6. The van der Waals surface area contributed by atoms with Gasteiger partial charge in [0.15, 0.2) is 5.78 Å². The van der Waals surface area contributed by atoms with Crippen molar-refractivity contribution in [3.8, 4) is 0 Å². The predicted molar refractivity (Wildman–Crippen MR) is 50.5 cm³/mol. The molecule has 0 fully saturated rings. The van der Waals surface area contributed by atoms with Gasteiger partial charge in [0.25, 0.3) is 0 Å². The Morgan fingerprint density at radius 1 is 1.57 bits per heavy atom. The molecule has 0 saturated carbocycles. The average Bonchev–Trinajstić information content (AvgIpc) is 2.16. The van der Waals surface area contributed by atoms with Crippen LogP contribution in [0.2, 0.25) is 0 Å². The molecular formula is C9H10N2O3. The van der Waals surface area contributed by atoms with Gasteiger partial charge in [-0.15, -0.1) is 0 Å². The maximum atomic E-state index is 11.1. The van der Waals surface area contributed by atoms with Crippen LogP contribution in [0.1, 0.15) is 6.92 Å². The Kier molecular flexibility index (Phi) is 3.30. The smallest absolute Gasteiger partial charge is 0.326 e. The van der Waals surface area contributed by atoms with E-state index in [1.807, 2.05) is 0 Å². The summed E-state index contributed by atoms with van der Waals surface area (Å²) >= 11 is 0. The number of hydrogen-bond acceptors (Lipinski definition) is 5. The Morgan fingerprint density at radius 2 is 2.29 bits per heavy atom. The molecule has 0 aromatic rings. The predicted octanol–water partition coefficient (Wildman–Crippen LogP) is -0.0705. The molecule has 74 valence electrons. The molecule has 14 heavy (non-hydrogen) atoms. The van der Waals surface area contributed by atoms with Crippen molar-refractivity contribution in [3.63, 3.8) is 0 Å². The Hall–Kier alpha value is -1.75. The van der Waals surface area contributed by atoms with Crippen LogP contribution in [0, 0.1) is 0 Å². The highest BCUT2D eigenvalue weighted by Gasteiger charge is 2.10. The quantitative estimate of drug-likeness (QED) is 0.379. The molecule has 1 aliphatic carbocycles. The van der Waals surface area contributed by atoms with E-state index in [9.17, 15) is 9.59 Å². The van der Waals surface area contributed by atoms with Crippen LogP contribution in [-0.4, -0.2) is 24.0 Å². The molecule has 5 heteroatoms. The van der Waals surface area contributed by atoms with Gasteiger partial charge >= 0.3 is 5.97 Å². The van der Waals surface area contributed by atoms with Gasteiger partial charge in [0.1, 0.15) is 5.71 Å². The maximum absolute atomic E-state index is 11.1. The minimum Gasteiger partial charge on any atom is -0.326 e. The van der Waals surface area contributed by atoms with E-state index < -0.39 is 5.97 Å². The number of ketones is 1. The van der Waals surface area contributed by atoms with Crippen LogP contribution >= 0.6 is 0 Å². The number of oxime groups is 1. The van der Waals surface area contributed by atoms with Gasteiger partial charge in [-0.3, -0.25) is 4.79 Å². The van der Waals surface area contributed by atoms with E-state index in [1.165, 1.54) is 25.2 Å². The normalized spacial score (nSPS) is 18.3. The zero-order valence-electron chi connectivity index (χ0n) is 7.69. The molecule has 0 amide bonds. The zero-order valence-corrected chi connectivity index (χ0v) is 7.69. The lowest BCUT2D eigenvalue weighted by atomic mass is 10.0. The third-order valence-corrected chi connectivity index (χ3v) is 1.54. The topological polar surface area (TPSA) is 81.8 Å². The highest BCUT2D eigenvalue weighted by atomic mass is 16.7. The van der Waals surface area contributed by atoms with Gasteiger partial charge in [-0.2, -0.15) is 0 Å². The molecular weight excluding hydrogens is 184 g/mol. The van der Waals surface area contributed by atoms with Gasteiger partial charge < -0.3 is 10.6 Å². The standard InChI is InChI=1S/C9H10N2O3/c1-6(12)14-11-8-2-3-9(13)7(4-8)5-10/h2-4H,5,10H2,1H3. The summed E-state index contributed by atoms with van der Waals surface area (Å²) in [5.74, 6) is -0.653. The highest BCUT2D eigenvalue weighted by molar-refractivity contribution is 6.19. The van der Waals surface area contributed by atoms with Gasteiger partial charge in [0.05, 0.1) is 0 Å². The van der Waals surface area contributed by atoms with Crippen LogP contribution in [0.3, 0.4) is 0 Å². The van der Waals surface area contributed by atoms with Crippen molar-refractivity contribution in [2.24, 2.45) is 10.9 Å². The Balaban J connectivity index is 2.78. The molecule has 1 aliphatic rings. The number of carbonyl (C=O) groups excluding carboxylic acids is 2. The fraction of sp³-hybridized carbons (Fsp3) is 0.222. The summed E-state index contributed by atoms with van der Waals surface area (Å²) in [6.45, 7) is 1.39. The van der Waals surface area contributed by atoms with Crippen molar-refractivity contribution in [2.75, 3.05) is 6.54 Å². The second-order valence-corrected chi connectivity index (χ2v) is 2.67. The number of rotatable bonds is 2. The van der Waals surface area contributed by atoms with Crippen molar-refractivity contribution in [1.82, 2.24) is 0 Å². The molecule has 0 aromatic carbocycles. The van der Waals surface area contributed by atoms with Crippen LogP contribution in [0.4, 0.5) is 0 Å². The molecule has 0 heterocycles. The fourth-order valence-corrected chi connectivity index (χ4v) is 0.899. The number of nitrogens with two attached hydrogens (primary N) is 1. The van der Waals surface area contributed by atoms with Crippen LogP contribution < -0.4 is 5.73 Å². The third-order valence-electron chi connectivity index (χ3n) is 1.54. The average molecular weight is 194 g/mol. The lowest BCUT2D eigenvalue weighted by molar-refractivity contribution is -0.140.